The second kappa shape index (κ2) is 9.32. The highest BCUT2D eigenvalue weighted by Gasteiger charge is 2.17. The maximum atomic E-state index is 12.7. The van der Waals surface area contributed by atoms with E-state index in [1.165, 1.54) is 22.0 Å². The number of aromatic nitrogens is 3. The molecule has 4 aromatic rings. The minimum absolute atomic E-state index is 0.0302. The predicted molar refractivity (Wildman–Crippen MR) is 122 cm³/mol. The smallest absolute Gasteiger partial charge is 0.260 e. The number of pyridine rings is 1. The number of benzene rings is 1. The first-order chi connectivity index (χ1) is 15.4. The molecule has 0 spiro atoms. The van der Waals surface area contributed by atoms with Crippen molar-refractivity contribution in [1.82, 2.24) is 14.7 Å². The van der Waals surface area contributed by atoms with E-state index in [0.29, 0.717) is 40.1 Å². The van der Waals surface area contributed by atoms with Crippen LogP contribution in [0.4, 0.5) is 0 Å². The van der Waals surface area contributed by atoms with E-state index in [4.69, 9.17) is 9.26 Å². The topological polar surface area (TPSA) is 87.2 Å². The van der Waals surface area contributed by atoms with Gasteiger partial charge in [-0.1, -0.05) is 46.8 Å². The average molecular weight is 450 g/mol. The van der Waals surface area contributed by atoms with E-state index in [1.54, 1.807) is 19.2 Å². The lowest BCUT2D eigenvalue weighted by Gasteiger charge is -2.07. The van der Waals surface area contributed by atoms with Crippen LogP contribution in [0.25, 0.3) is 5.13 Å². The molecule has 0 aliphatic rings. The molecule has 1 aromatic carbocycles. The molecule has 0 radical (unpaired) electrons. The monoisotopic (exact) mass is 449 g/mol. The molecule has 0 saturated carbocycles. The lowest BCUT2D eigenvalue weighted by Crippen LogP contribution is -2.16. The van der Waals surface area contributed by atoms with Crippen molar-refractivity contribution in [2.45, 2.75) is 40.2 Å². The van der Waals surface area contributed by atoms with Gasteiger partial charge < -0.3 is 9.26 Å². The van der Waals surface area contributed by atoms with Crippen LogP contribution in [0.2, 0.25) is 0 Å². The van der Waals surface area contributed by atoms with Gasteiger partial charge in [-0.2, -0.15) is 0 Å². The molecule has 8 heteroatoms. The van der Waals surface area contributed by atoms with Crippen molar-refractivity contribution >= 4 is 17.1 Å². The highest BCUT2D eigenvalue weighted by atomic mass is 32.1. The summed E-state index contributed by atoms with van der Waals surface area (Å²) in [6.07, 6.45) is 2.68. The van der Waals surface area contributed by atoms with Crippen molar-refractivity contribution in [3.05, 3.63) is 92.2 Å². The molecule has 0 fully saturated rings. The van der Waals surface area contributed by atoms with Crippen LogP contribution >= 0.6 is 11.3 Å². The highest BCUT2D eigenvalue weighted by Crippen LogP contribution is 2.24. The van der Waals surface area contributed by atoms with E-state index < -0.39 is 0 Å². The molecule has 4 rings (SSSR count). The summed E-state index contributed by atoms with van der Waals surface area (Å²) >= 11 is 1.23. The molecule has 3 heterocycles. The number of rotatable bonds is 8. The van der Waals surface area contributed by atoms with Crippen molar-refractivity contribution in [2.75, 3.05) is 0 Å². The zero-order valence-electron chi connectivity index (χ0n) is 18.1. The molecule has 0 N–H and O–H groups in total. The Morgan fingerprint density at radius 2 is 1.91 bits per heavy atom. The Balaban J connectivity index is 1.47. The molecule has 32 heavy (non-hydrogen) atoms. The molecular formula is C24H23N3O4S. The molecular weight excluding hydrogens is 426 g/mol. The van der Waals surface area contributed by atoms with Gasteiger partial charge in [0, 0.05) is 18.7 Å². The number of aryl methyl sites for hydroxylation is 4. The number of hydrogen-bond donors (Lipinski definition) is 0. The number of thiazole rings is 1. The van der Waals surface area contributed by atoms with Crippen LogP contribution in [0.5, 0.6) is 5.75 Å². The Labute approximate surface area is 189 Å². The highest BCUT2D eigenvalue weighted by molar-refractivity contribution is 7.16. The largest absolute Gasteiger partial charge is 0.488 e. The fourth-order valence-electron chi connectivity index (χ4n) is 3.33. The summed E-state index contributed by atoms with van der Waals surface area (Å²) < 4.78 is 12.3. The Hall–Kier alpha value is -3.52. The minimum Gasteiger partial charge on any atom is -0.488 e. The zero-order chi connectivity index (χ0) is 22.7. The lowest BCUT2D eigenvalue weighted by molar-refractivity contribution is 0.0986. The van der Waals surface area contributed by atoms with Gasteiger partial charge in [0.1, 0.15) is 18.1 Å². The predicted octanol–water partition coefficient (Wildman–Crippen LogP) is 4.60. The summed E-state index contributed by atoms with van der Waals surface area (Å²) in [5.41, 5.74) is 3.10. The number of ether oxygens (including phenoxy) is 1. The van der Waals surface area contributed by atoms with Gasteiger partial charge in [0.25, 0.3) is 5.56 Å². The molecule has 0 amide bonds. The van der Waals surface area contributed by atoms with Crippen LogP contribution in [-0.2, 0) is 13.0 Å². The van der Waals surface area contributed by atoms with Gasteiger partial charge in [-0.25, -0.2) is 4.98 Å². The summed E-state index contributed by atoms with van der Waals surface area (Å²) in [5.74, 6) is 1.17. The Morgan fingerprint density at radius 3 is 2.59 bits per heavy atom. The molecule has 0 aliphatic carbocycles. The van der Waals surface area contributed by atoms with Crippen molar-refractivity contribution in [1.29, 1.82) is 0 Å². The Bertz CT molecular complexity index is 1290. The van der Waals surface area contributed by atoms with Crippen molar-refractivity contribution < 1.29 is 14.1 Å². The standard InChI is InChI=1S/C24H23N3O4S/c1-15-20(17(3)31-26-15)14-30-19-11-12-27(22(29)13-19)24-25-16(2)23(32-24)21(28)10-9-18-7-5-4-6-8-18/h4-8,11-13H,9-10,14H2,1-3H3. The van der Waals surface area contributed by atoms with Gasteiger partial charge in [0.2, 0.25) is 0 Å². The average Bonchev–Trinajstić information content (AvgIpc) is 3.33. The van der Waals surface area contributed by atoms with E-state index in [2.05, 4.69) is 10.1 Å². The van der Waals surface area contributed by atoms with Crippen LogP contribution < -0.4 is 10.3 Å². The first-order valence-electron chi connectivity index (χ1n) is 10.2. The number of hydrogen-bond acceptors (Lipinski definition) is 7. The summed E-state index contributed by atoms with van der Waals surface area (Å²) in [7, 11) is 0. The third-order valence-corrected chi connectivity index (χ3v) is 6.38. The number of carbonyl (C=O) groups is 1. The zero-order valence-corrected chi connectivity index (χ0v) is 18.9. The minimum atomic E-state index is -0.279. The third kappa shape index (κ3) is 4.70. The molecule has 0 unspecified atom stereocenters. The molecule has 0 saturated heterocycles. The lowest BCUT2D eigenvalue weighted by atomic mass is 10.1. The van der Waals surface area contributed by atoms with Crippen LogP contribution in [0.1, 0.15) is 44.4 Å². The Morgan fingerprint density at radius 1 is 1.12 bits per heavy atom. The molecule has 7 nitrogen and oxygen atoms in total. The first kappa shape index (κ1) is 21.7. The van der Waals surface area contributed by atoms with E-state index in [-0.39, 0.29) is 17.9 Å². The first-order valence-corrected chi connectivity index (χ1v) is 11.1. The summed E-state index contributed by atoms with van der Waals surface area (Å²) in [5, 5.41) is 4.37. The maximum Gasteiger partial charge on any atom is 0.260 e. The van der Waals surface area contributed by atoms with Gasteiger partial charge in [0.05, 0.1) is 21.8 Å². The Kier molecular flexibility index (Phi) is 6.32. The number of carbonyl (C=O) groups excluding carboxylic acids is 1. The van der Waals surface area contributed by atoms with E-state index >= 15 is 0 Å². The van der Waals surface area contributed by atoms with Gasteiger partial charge in [-0.05, 0) is 38.8 Å². The molecule has 164 valence electrons. The fourth-order valence-corrected chi connectivity index (χ4v) is 4.36. The molecule has 0 aliphatic heterocycles. The van der Waals surface area contributed by atoms with Crippen molar-refractivity contribution in [3.63, 3.8) is 0 Å². The molecule has 0 atom stereocenters. The van der Waals surface area contributed by atoms with Gasteiger partial charge in [0.15, 0.2) is 10.9 Å². The quantitative estimate of drug-likeness (QED) is 0.365. The van der Waals surface area contributed by atoms with Crippen LogP contribution in [0.3, 0.4) is 0 Å². The van der Waals surface area contributed by atoms with Gasteiger partial charge >= 0.3 is 0 Å². The number of ketones is 1. The molecule has 0 bridgehead atoms. The second-order valence-corrected chi connectivity index (χ2v) is 8.46. The second-order valence-electron chi connectivity index (χ2n) is 7.48. The van der Waals surface area contributed by atoms with E-state index in [9.17, 15) is 9.59 Å². The summed E-state index contributed by atoms with van der Waals surface area (Å²) in [4.78, 5) is 30.4. The SMILES string of the molecule is Cc1nc(-n2ccc(OCc3c(C)noc3C)cc2=O)sc1C(=O)CCc1ccccc1. The fraction of sp³-hybridized carbons (Fsp3) is 0.250. The van der Waals surface area contributed by atoms with Gasteiger partial charge in [-0.15, -0.1) is 0 Å². The maximum absolute atomic E-state index is 12.7. The summed E-state index contributed by atoms with van der Waals surface area (Å²) in [6.45, 7) is 5.72. The van der Waals surface area contributed by atoms with Crippen LogP contribution in [0, 0.1) is 20.8 Å². The third-order valence-electron chi connectivity index (χ3n) is 5.18. The number of Topliss-reactive ketones (excluding diaryl/α,β-unsaturated/α-hetero) is 1. The van der Waals surface area contributed by atoms with Crippen LogP contribution in [0.15, 0.2) is 58.0 Å². The molecule has 3 aromatic heterocycles. The van der Waals surface area contributed by atoms with E-state index in [0.717, 1.165) is 16.8 Å². The van der Waals surface area contributed by atoms with E-state index in [1.807, 2.05) is 44.2 Å². The normalized spacial score (nSPS) is 11.0. The summed E-state index contributed by atoms with van der Waals surface area (Å²) in [6, 6.07) is 13.0. The van der Waals surface area contributed by atoms with Crippen molar-refractivity contribution in [3.8, 4) is 10.9 Å². The van der Waals surface area contributed by atoms with Crippen molar-refractivity contribution in [2.24, 2.45) is 0 Å². The van der Waals surface area contributed by atoms with Gasteiger partial charge in [-0.3, -0.25) is 14.2 Å². The van der Waals surface area contributed by atoms with Crippen LogP contribution in [-0.4, -0.2) is 20.5 Å². The number of nitrogens with zero attached hydrogens (tertiary/aromatic N) is 3.